The highest BCUT2D eigenvalue weighted by Gasteiger charge is 2.17. The monoisotopic (exact) mass is 290 g/mol. The zero-order valence-electron chi connectivity index (χ0n) is 12.3. The summed E-state index contributed by atoms with van der Waals surface area (Å²) in [6, 6.07) is 10.3. The van der Waals surface area contributed by atoms with Crippen LogP contribution < -0.4 is 15.4 Å². The molecular formula is C16H22N2OS. The third-order valence-corrected chi connectivity index (χ3v) is 4.23. The van der Waals surface area contributed by atoms with Gasteiger partial charge in [0.15, 0.2) is 0 Å². The van der Waals surface area contributed by atoms with E-state index in [1.807, 2.05) is 19.1 Å². The van der Waals surface area contributed by atoms with Gasteiger partial charge in [-0.3, -0.25) is 0 Å². The van der Waals surface area contributed by atoms with Gasteiger partial charge in [0, 0.05) is 28.7 Å². The van der Waals surface area contributed by atoms with Crippen molar-refractivity contribution < 1.29 is 4.74 Å². The van der Waals surface area contributed by atoms with Crippen LogP contribution in [0.4, 0.5) is 5.69 Å². The molecule has 0 spiro atoms. The molecule has 0 aliphatic heterocycles. The van der Waals surface area contributed by atoms with Crippen LogP contribution in [0.1, 0.15) is 30.3 Å². The van der Waals surface area contributed by atoms with E-state index in [2.05, 4.69) is 35.4 Å². The average Bonchev–Trinajstić information content (AvgIpc) is 2.96. The van der Waals surface area contributed by atoms with Crippen LogP contribution in [0.5, 0.6) is 5.75 Å². The fourth-order valence-corrected chi connectivity index (χ4v) is 3.12. The van der Waals surface area contributed by atoms with E-state index in [4.69, 9.17) is 10.5 Å². The molecule has 1 aromatic heterocycles. The number of hydrogen-bond donors (Lipinski definition) is 1. The normalized spacial score (nSPS) is 12.2. The molecule has 4 heteroatoms. The fraction of sp³-hybridized carbons (Fsp3) is 0.375. The molecule has 0 fully saturated rings. The molecule has 0 aliphatic carbocycles. The highest BCUT2D eigenvalue weighted by atomic mass is 32.1. The Kier molecular flexibility index (Phi) is 5.04. The van der Waals surface area contributed by atoms with Crippen LogP contribution in [-0.2, 0) is 6.54 Å². The van der Waals surface area contributed by atoms with Gasteiger partial charge in [-0.1, -0.05) is 12.1 Å². The zero-order valence-corrected chi connectivity index (χ0v) is 13.1. The quantitative estimate of drug-likeness (QED) is 0.879. The van der Waals surface area contributed by atoms with Crippen molar-refractivity contribution in [3.63, 3.8) is 0 Å². The number of rotatable bonds is 6. The van der Waals surface area contributed by atoms with Gasteiger partial charge in [0.1, 0.15) is 5.75 Å². The second kappa shape index (κ2) is 6.77. The maximum Gasteiger partial charge on any atom is 0.125 e. The molecule has 0 radical (unpaired) electrons. The van der Waals surface area contributed by atoms with E-state index >= 15 is 0 Å². The molecule has 0 unspecified atom stereocenters. The Morgan fingerprint density at radius 3 is 2.65 bits per heavy atom. The third kappa shape index (κ3) is 3.14. The molecule has 2 N–H and O–H groups in total. The number of anilines is 1. The fourth-order valence-electron chi connectivity index (χ4n) is 2.40. The van der Waals surface area contributed by atoms with Gasteiger partial charge >= 0.3 is 0 Å². The third-order valence-electron chi connectivity index (χ3n) is 3.37. The first-order valence-corrected chi connectivity index (χ1v) is 7.75. The molecule has 108 valence electrons. The van der Waals surface area contributed by atoms with Gasteiger partial charge in [-0.05, 0) is 37.4 Å². The molecule has 2 rings (SSSR count). The maximum atomic E-state index is 6.15. The molecule has 2 aromatic rings. The Labute approximate surface area is 125 Å². The SMILES string of the molecule is CCN(Cc1cccs1)c1cccc(OC)c1[C@H](C)N. The number of ether oxygens (including phenoxy) is 1. The second-order valence-electron chi connectivity index (χ2n) is 4.78. The minimum Gasteiger partial charge on any atom is -0.496 e. The zero-order chi connectivity index (χ0) is 14.5. The Hall–Kier alpha value is -1.52. The van der Waals surface area contributed by atoms with Crippen molar-refractivity contribution in [3.05, 3.63) is 46.2 Å². The minimum absolute atomic E-state index is 0.0569. The van der Waals surface area contributed by atoms with Crippen molar-refractivity contribution in [2.75, 3.05) is 18.6 Å². The Morgan fingerprint density at radius 2 is 2.10 bits per heavy atom. The van der Waals surface area contributed by atoms with Gasteiger partial charge in [-0.25, -0.2) is 0 Å². The van der Waals surface area contributed by atoms with Gasteiger partial charge in [0.2, 0.25) is 0 Å². The summed E-state index contributed by atoms with van der Waals surface area (Å²) >= 11 is 1.78. The van der Waals surface area contributed by atoms with E-state index in [1.54, 1.807) is 18.4 Å². The molecule has 0 aliphatic rings. The maximum absolute atomic E-state index is 6.15. The highest BCUT2D eigenvalue weighted by Crippen LogP contribution is 2.34. The molecule has 0 saturated carbocycles. The summed E-state index contributed by atoms with van der Waals surface area (Å²) < 4.78 is 5.47. The van der Waals surface area contributed by atoms with Crippen LogP contribution >= 0.6 is 11.3 Å². The molecule has 1 aromatic carbocycles. The van der Waals surface area contributed by atoms with Crippen LogP contribution in [-0.4, -0.2) is 13.7 Å². The number of thiophene rings is 1. The van der Waals surface area contributed by atoms with Crippen molar-refractivity contribution in [1.82, 2.24) is 0 Å². The van der Waals surface area contributed by atoms with Gasteiger partial charge in [-0.2, -0.15) is 0 Å². The van der Waals surface area contributed by atoms with E-state index in [1.165, 1.54) is 4.88 Å². The smallest absolute Gasteiger partial charge is 0.125 e. The summed E-state index contributed by atoms with van der Waals surface area (Å²) in [5.41, 5.74) is 8.39. The van der Waals surface area contributed by atoms with Crippen LogP contribution in [0.3, 0.4) is 0 Å². The summed E-state index contributed by atoms with van der Waals surface area (Å²) in [4.78, 5) is 3.69. The van der Waals surface area contributed by atoms with Crippen LogP contribution in [0, 0.1) is 0 Å². The molecule has 20 heavy (non-hydrogen) atoms. The van der Waals surface area contributed by atoms with Crippen molar-refractivity contribution in [2.45, 2.75) is 26.4 Å². The Bertz CT molecular complexity index is 537. The predicted molar refractivity (Wildman–Crippen MR) is 86.6 cm³/mol. The molecule has 3 nitrogen and oxygen atoms in total. The molecule has 0 bridgehead atoms. The lowest BCUT2D eigenvalue weighted by atomic mass is 10.0. The Morgan fingerprint density at radius 1 is 1.30 bits per heavy atom. The number of methoxy groups -OCH3 is 1. The van der Waals surface area contributed by atoms with E-state index in [9.17, 15) is 0 Å². The second-order valence-corrected chi connectivity index (χ2v) is 5.81. The van der Waals surface area contributed by atoms with Crippen LogP contribution in [0.2, 0.25) is 0 Å². The van der Waals surface area contributed by atoms with E-state index < -0.39 is 0 Å². The van der Waals surface area contributed by atoms with E-state index in [0.29, 0.717) is 0 Å². The molecule has 1 atom stereocenters. The van der Waals surface area contributed by atoms with Gasteiger partial charge in [-0.15, -0.1) is 11.3 Å². The summed E-state index contributed by atoms with van der Waals surface area (Å²) in [7, 11) is 1.69. The molecule has 1 heterocycles. The molecule has 0 saturated heterocycles. The van der Waals surface area contributed by atoms with Crippen molar-refractivity contribution >= 4 is 17.0 Å². The summed E-state index contributed by atoms with van der Waals surface area (Å²) in [5, 5.41) is 2.11. The van der Waals surface area contributed by atoms with E-state index in [-0.39, 0.29) is 6.04 Å². The Balaban J connectivity index is 2.38. The number of hydrogen-bond acceptors (Lipinski definition) is 4. The lowest BCUT2D eigenvalue weighted by molar-refractivity contribution is 0.407. The van der Waals surface area contributed by atoms with Gasteiger partial charge < -0.3 is 15.4 Å². The van der Waals surface area contributed by atoms with E-state index in [0.717, 1.165) is 30.1 Å². The first-order chi connectivity index (χ1) is 9.67. The van der Waals surface area contributed by atoms with Crippen molar-refractivity contribution in [3.8, 4) is 5.75 Å². The largest absolute Gasteiger partial charge is 0.496 e. The lowest BCUT2D eigenvalue weighted by Gasteiger charge is -2.27. The number of nitrogens with zero attached hydrogens (tertiary/aromatic N) is 1. The minimum atomic E-state index is -0.0569. The van der Waals surface area contributed by atoms with Crippen molar-refractivity contribution in [2.24, 2.45) is 5.73 Å². The topological polar surface area (TPSA) is 38.5 Å². The lowest BCUT2D eigenvalue weighted by Crippen LogP contribution is -2.24. The first-order valence-electron chi connectivity index (χ1n) is 6.87. The van der Waals surface area contributed by atoms with Crippen LogP contribution in [0.15, 0.2) is 35.7 Å². The van der Waals surface area contributed by atoms with Crippen LogP contribution in [0.25, 0.3) is 0 Å². The first kappa shape index (κ1) is 14.9. The summed E-state index contributed by atoms with van der Waals surface area (Å²) in [5.74, 6) is 0.863. The standard InChI is InChI=1S/C16H22N2OS/c1-4-18(11-13-7-6-10-20-13)14-8-5-9-15(19-3)16(14)12(2)17/h5-10,12H,4,11,17H2,1-3H3/t12-/m0/s1. The van der Waals surface area contributed by atoms with Gasteiger partial charge in [0.05, 0.1) is 13.7 Å². The molecule has 0 amide bonds. The van der Waals surface area contributed by atoms with Crippen molar-refractivity contribution in [1.29, 1.82) is 0 Å². The number of benzene rings is 1. The highest BCUT2D eigenvalue weighted by molar-refractivity contribution is 7.09. The van der Waals surface area contributed by atoms with Gasteiger partial charge in [0.25, 0.3) is 0 Å². The summed E-state index contributed by atoms with van der Waals surface area (Å²) in [6.07, 6.45) is 0. The predicted octanol–water partition coefficient (Wildman–Crippen LogP) is 3.80. The summed E-state index contributed by atoms with van der Waals surface area (Å²) in [6.45, 7) is 6.00. The number of nitrogens with two attached hydrogens (primary N) is 1. The average molecular weight is 290 g/mol. The molecular weight excluding hydrogens is 268 g/mol.